The first-order valence-electron chi connectivity index (χ1n) is 7.40. The van der Waals surface area contributed by atoms with Gasteiger partial charge in [-0.25, -0.2) is 0 Å². The maximum Gasteiger partial charge on any atom is 0.0482 e. The summed E-state index contributed by atoms with van der Waals surface area (Å²) < 4.78 is 0. The van der Waals surface area contributed by atoms with Gasteiger partial charge < -0.3 is 5.73 Å². The van der Waals surface area contributed by atoms with Crippen LogP contribution < -0.4 is 5.73 Å². The van der Waals surface area contributed by atoms with E-state index in [1.54, 1.807) is 0 Å². The van der Waals surface area contributed by atoms with Gasteiger partial charge in [0.2, 0.25) is 0 Å². The van der Waals surface area contributed by atoms with Gasteiger partial charge in [0.25, 0.3) is 0 Å². The number of rotatable bonds is 2. The highest BCUT2D eigenvalue weighted by Gasteiger charge is 2.41. The number of nitrogens with zero attached hydrogens (tertiary/aromatic N) is 1. The van der Waals surface area contributed by atoms with Gasteiger partial charge in [0, 0.05) is 23.9 Å². The van der Waals surface area contributed by atoms with E-state index in [-0.39, 0.29) is 6.04 Å². The van der Waals surface area contributed by atoms with Gasteiger partial charge in [0.1, 0.15) is 0 Å². The summed E-state index contributed by atoms with van der Waals surface area (Å²) >= 11 is 0. The van der Waals surface area contributed by atoms with Crippen LogP contribution in [0, 0.1) is 5.41 Å². The fourth-order valence-corrected chi connectivity index (χ4v) is 4.00. The highest BCUT2D eigenvalue weighted by atomic mass is 14.8. The van der Waals surface area contributed by atoms with Gasteiger partial charge >= 0.3 is 0 Å². The number of aryl methyl sites for hydroxylation is 1. The molecule has 2 aliphatic rings. The van der Waals surface area contributed by atoms with E-state index in [2.05, 4.69) is 24.0 Å². The minimum absolute atomic E-state index is 0.286. The molecule has 0 spiro atoms. The second-order valence-corrected chi connectivity index (χ2v) is 6.43. The standard InChI is InChI=1S/C16H24N2/c1-16(9-2-3-10-16)15(17)13-8-4-6-12-7-5-11-18-14(12)13/h5,7,11,13,15H,2-4,6,8-10,17H2,1H3. The summed E-state index contributed by atoms with van der Waals surface area (Å²) in [5, 5.41) is 0. The summed E-state index contributed by atoms with van der Waals surface area (Å²) in [4.78, 5) is 4.64. The Bertz CT molecular complexity index is 421. The molecule has 0 radical (unpaired) electrons. The minimum atomic E-state index is 0.286. The summed E-state index contributed by atoms with van der Waals surface area (Å²) in [7, 11) is 0. The SMILES string of the molecule is CC1(C(N)C2CCCc3cccnc32)CCCC1. The van der Waals surface area contributed by atoms with E-state index in [0.717, 1.165) is 0 Å². The molecule has 1 aromatic heterocycles. The molecule has 1 heterocycles. The van der Waals surface area contributed by atoms with E-state index >= 15 is 0 Å². The van der Waals surface area contributed by atoms with Crippen molar-refractivity contribution in [2.24, 2.45) is 11.1 Å². The highest BCUT2D eigenvalue weighted by molar-refractivity contribution is 5.28. The zero-order valence-corrected chi connectivity index (χ0v) is 11.4. The van der Waals surface area contributed by atoms with Crippen molar-refractivity contribution in [3.63, 3.8) is 0 Å². The van der Waals surface area contributed by atoms with Gasteiger partial charge in [0.15, 0.2) is 0 Å². The molecular formula is C16H24N2. The van der Waals surface area contributed by atoms with Crippen LogP contribution >= 0.6 is 0 Å². The minimum Gasteiger partial charge on any atom is -0.327 e. The average Bonchev–Trinajstić information content (AvgIpc) is 2.85. The number of fused-ring (bicyclic) bond motifs is 1. The summed E-state index contributed by atoms with van der Waals surface area (Å²) in [5.41, 5.74) is 9.74. The van der Waals surface area contributed by atoms with E-state index < -0.39 is 0 Å². The lowest BCUT2D eigenvalue weighted by Gasteiger charge is -2.39. The van der Waals surface area contributed by atoms with Crippen LogP contribution in [0.3, 0.4) is 0 Å². The normalized spacial score (nSPS) is 27.8. The molecule has 2 heteroatoms. The highest BCUT2D eigenvalue weighted by Crippen LogP contribution is 2.46. The molecule has 1 aromatic rings. The monoisotopic (exact) mass is 244 g/mol. The van der Waals surface area contributed by atoms with Crippen molar-refractivity contribution in [2.45, 2.75) is 63.8 Å². The van der Waals surface area contributed by atoms with Gasteiger partial charge in [-0.3, -0.25) is 4.98 Å². The molecule has 2 N–H and O–H groups in total. The summed E-state index contributed by atoms with van der Waals surface area (Å²) in [6.07, 6.45) is 10.9. The van der Waals surface area contributed by atoms with Gasteiger partial charge in [-0.15, -0.1) is 0 Å². The van der Waals surface area contributed by atoms with Crippen LogP contribution in [0.4, 0.5) is 0 Å². The van der Waals surface area contributed by atoms with Gasteiger partial charge in [0.05, 0.1) is 0 Å². The second kappa shape index (κ2) is 4.65. The third kappa shape index (κ3) is 1.97. The number of hydrogen-bond donors (Lipinski definition) is 1. The van der Waals surface area contributed by atoms with E-state index in [0.29, 0.717) is 11.3 Å². The second-order valence-electron chi connectivity index (χ2n) is 6.43. The Morgan fingerprint density at radius 2 is 2.11 bits per heavy atom. The zero-order valence-electron chi connectivity index (χ0n) is 11.4. The predicted molar refractivity (Wildman–Crippen MR) is 74.5 cm³/mol. The van der Waals surface area contributed by atoms with Crippen LogP contribution in [-0.4, -0.2) is 11.0 Å². The molecule has 18 heavy (non-hydrogen) atoms. The molecule has 2 atom stereocenters. The molecule has 0 aliphatic heterocycles. The fourth-order valence-electron chi connectivity index (χ4n) is 4.00. The molecule has 0 saturated heterocycles. The van der Waals surface area contributed by atoms with Crippen molar-refractivity contribution in [1.29, 1.82) is 0 Å². The fraction of sp³-hybridized carbons (Fsp3) is 0.688. The Labute approximate surface area is 110 Å². The third-order valence-electron chi connectivity index (χ3n) is 5.22. The van der Waals surface area contributed by atoms with Crippen molar-refractivity contribution < 1.29 is 0 Å². The maximum atomic E-state index is 6.66. The van der Waals surface area contributed by atoms with E-state index in [1.807, 2.05) is 6.20 Å². The average molecular weight is 244 g/mol. The van der Waals surface area contributed by atoms with Crippen molar-refractivity contribution in [1.82, 2.24) is 4.98 Å². The van der Waals surface area contributed by atoms with Crippen LogP contribution in [0.15, 0.2) is 18.3 Å². The molecule has 2 unspecified atom stereocenters. The first-order chi connectivity index (χ1) is 8.71. The van der Waals surface area contributed by atoms with Crippen LogP contribution in [0.25, 0.3) is 0 Å². The molecule has 0 aromatic carbocycles. The molecule has 0 amide bonds. The number of aromatic nitrogens is 1. The van der Waals surface area contributed by atoms with Crippen molar-refractivity contribution in [3.8, 4) is 0 Å². The van der Waals surface area contributed by atoms with Crippen LogP contribution in [-0.2, 0) is 6.42 Å². The Morgan fingerprint density at radius 1 is 1.33 bits per heavy atom. The van der Waals surface area contributed by atoms with Crippen LogP contribution in [0.2, 0.25) is 0 Å². The summed E-state index contributed by atoms with van der Waals surface area (Å²) in [6.45, 7) is 2.39. The number of pyridine rings is 1. The smallest absolute Gasteiger partial charge is 0.0482 e. The van der Waals surface area contributed by atoms with Crippen molar-refractivity contribution >= 4 is 0 Å². The lowest BCUT2D eigenvalue weighted by molar-refractivity contribution is 0.217. The Hall–Kier alpha value is -0.890. The van der Waals surface area contributed by atoms with Crippen LogP contribution in [0.1, 0.15) is 62.6 Å². The third-order valence-corrected chi connectivity index (χ3v) is 5.22. The largest absolute Gasteiger partial charge is 0.327 e. The van der Waals surface area contributed by atoms with Gasteiger partial charge in [-0.2, -0.15) is 0 Å². The topological polar surface area (TPSA) is 38.9 Å². The summed E-state index contributed by atoms with van der Waals surface area (Å²) in [5.74, 6) is 0.484. The molecule has 2 aliphatic carbocycles. The molecule has 98 valence electrons. The van der Waals surface area contributed by atoms with Gasteiger partial charge in [-0.05, 0) is 49.1 Å². The molecular weight excluding hydrogens is 220 g/mol. The number of nitrogens with two attached hydrogens (primary N) is 1. The molecule has 1 fully saturated rings. The molecule has 0 bridgehead atoms. The van der Waals surface area contributed by atoms with Gasteiger partial charge in [-0.1, -0.05) is 25.8 Å². The van der Waals surface area contributed by atoms with Crippen molar-refractivity contribution in [3.05, 3.63) is 29.6 Å². The Morgan fingerprint density at radius 3 is 2.89 bits per heavy atom. The number of hydrogen-bond acceptors (Lipinski definition) is 2. The lowest BCUT2D eigenvalue weighted by atomic mass is 9.70. The van der Waals surface area contributed by atoms with Crippen LogP contribution in [0.5, 0.6) is 0 Å². The predicted octanol–water partition coefficient (Wildman–Crippen LogP) is 3.41. The van der Waals surface area contributed by atoms with E-state index in [4.69, 9.17) is 5.73 Å². The Kier molecular flexibility index (Phi) is 3.14. The molecule has 1 saturated carbocycles. The van der Waals surface area contributed by atoms with E-state index in [1.165, 1.54) is 56.2 Å². The summed E-state index contributed by atoms with van der Waals surface area (Å²) in [6, 6.07) is 4.58. The first-order valence-corrected chi connectivity index (χ1v) is 7.40. The first kappa shape index (κ1) is 12.2. The molecule has 3 rings (SSSR count). The lowest BCUT2D eigenvalue weighted by Crippen LogP contribution is -2.43. The van der Waals surface area contributed by atoms with Crippen molar-refractivity contribution in [2.75, 3.05) is 0 Å². The Balaban J connectivity index is 1.89. The molecule has 2 nitrogen and oxygen atoms in total. The quantitative estimate of drug-likeness (QED) is 0.866. The van der Waals surface area contributed by atoms with E-state index in [9.17, 15) is 0 Å². The maximum absolute atomic E-state index is 6.66. The zero-order chi connectivity index (χ0) is 12.6.